The summed E-state index contributed by atoms with van der Waals surface area (Å²) >= 11 is 0. The quantitative estimate of drug-likeness (QED) is 0.0771. The van der Waals surface area contributed by atoms with E-state index in [0.717, 1.165) is 18.4 Å². The Labute approximate surface area is 325 Å². The van der Waals surface area contributed by atoms with Gasteiger partial charge < -0.3 is 23.4 Å². The Morgan fingerprint density at radius 2 is 1.25 bits per heavy atom. The number of methoxy groups -OCH3 is 1. The third kappa shape index (κ3) is 11.1. The van der Waals surface area contributed by atoms with Crippen molar-refractivity contribution in [3.63, 3.8) is 0 Å². The Hall–Kier alpha value is -2.37. The van der Waals surface area contributed by atoms with Crippen LogP contribution in [0.5, 0.6) is 0 Å². The Morgan fingerprint density at radius 1 is 0.755 bits per heavy atom. The molecule has 0 aliphatic carbocycles. The van der Waals surface area contributed by atoms with Crippen molar-refractivity contribution in [2.45, 2.75) is 135 Å². The minimum atomic E-state index is -2.80. The largest absolute Gasteiger partial charge is 0.416 e. The van der Waals surface area contributed by atoms with Gasteiger partial charge in [-0.25, -0.2) is 0 Å². The fourth-order valence-corrected chi connectivity index (χ4v) is 19.4. The summed E-state index contributed by atoms with van der Waals surface area (Å²) in [5.41, 5.74) is 2.43. The summed E-state index contributed by atoms with van der Waals surface area (Å²) in [4.78, 5) is 0. The lowest BCUT2D eigenvalue weighted by Gasteiger charge is -2.47. The van der Waals surface area contributed by atoms with Crippen molar-refractivity contribution in [3.05, 3.63) is 109 Å². The van der Waals surface area contributed by atoms with Crippen LogP contribution in [-0.4, -0.2) is 60.4 Å². The number of allylic oxidation sites excluding steroid dienone is 1. The van der Waals surface area contributed by atoms with E-state index in [2.05, 4.69) is 149 Å². The monoisotopic (exact) mass is 760 g/mol. The molecule has 0 heterocycles. The van der Waals surface area contributed by atoms with Crippen molar-refractivity contribution in [3.8, 4) is 0 Å². The molecule has 0 spiro atoms. The zero-order chi connectivity index (χ0) is 39.2. The first kappa shape index (κ1) is 45.0. The Balaban J connectivity index is 2.17. The SMILES string of the molecule is C=CC[C@@H](C[C@H](C)O[Si](c1ccccc1)(c1ccccc1)C(C)(C)C)[C@@H](CO[Si](C(C)C)(C(C)C)C(C)C)[C@@H](OCc1ccccc1)[C@@H](CCO)OC. The van der Waals surface area contributed by atoms with E-state index in [-0.39, 0.29) is 41.8 Å². The second-order valence-electron chi connectivity index (χ2n) is 17.0. The highest BCUT2D eigenvalue weighted by molar-refractivity contribution is 6.99. The van der Waals surface area contributed by atoms with Crippen LogP contribution in [0.2, 0.25) is 21.7 Å². The maximum absolute atomic E-state index is 10.3. The van der Waals surface area contributed by atoms with E-state index < -0.39 is 16.6 Å². The van der Waals surface area contributed by atoms with Gasteiger partial charge in [0, 0.05) is 32.3 Å². The number of benzene rings is 3. The van der Waals surface area contributed by atoms with Gasteiger partial charge in [0.2, 0.25) is 0 Å². The number of aliphatic hydroxyl groups excluding tert-OH is 1. The summed E-state index contributed by atoms with van der Waals surface area (Å²) < 4.78 is 28.3. The molecule has 53 heavy (non-hydrogen) atoms. The Bertz CT molecular complexity index is 1380. The molecule has 3 rings (SSSR count). The predicted octanol–water partition coefficient (Wildman–Crippen LogP) is 10.3. The smallest absolute Gasteiger partial charge is 0.261 e. The molecule has 0 bridgehead atoms. The summed E-state index contributed by atoms with van der Waals surface area (Å²) in [5, 5.41) is 12.7. The highest BCUT2D eigenvalue weighted by Crippen LogP contribution is 2.44. The molecule has 0 aliphatic rings. The highest BCUT2D eigenvalue weighted by Gasteiger charge is 2.52. The van der Waals surface area contributed by atoms with Gasteiger partial charge in [0.15, 0.2) is 8.32 Å². The molecule has 0 aromatic heterocycles. The van der Waals surface area contributed by atoms with Crippen LogP contribution in [-0.2, 0) is 24.9 Å². The van der Waals surface area contributed by atoms with E-state index in [4.69, 9.17) is 18.3 Å². The maximum Gasteiger partial charge on any atom is 0.261 e. The van der Waals surface area contributed by atoms with E-state index in [1.54, 1.807) is 7.11 Å². The number of aliphatic hydroxyl groups is 1. The van der Waals surface area contributed by atoms with Crippen LogP contribution in [0.4, 0.5) is 0 Å². The van der Waals surface area contributed by atoms with Gasteiger partial charge in [0.25, 0.3) is 8.32 Å². The molecule has 0 aliphatic heterocycles. The van der Waals surface area contributed by atoms with Gasteiger partial charge in [0.05, 0.1) is 18.8 Å². The molecule has 5 atom stereocenters. The van der Waals surface area contributed by atoms with E-state index in [9.17, 15) is 5.11 Å². The van der Waals surface area contributed by atoms with E-state index in [1.807, 2.05) is 24.3 Å². The summed E-state index contributed by atoms with van der Waals surface area (Å²) in [6.45, 7) is 28.6. The standard InChI is InChI=1S/C46H72O5Si2/c1-13-23-40(32-38(8)51-53(46(9,10)11,41-26-19-15-20-27-41)42-28-21-16-22-29-42)43(34-50-52(35(2)3,36(4)5)37(6)7)45(44(48-12)30-31-47)49-33-39-24-17-14-18-25-39/h13-22,24-29,35-38,40,43-45,47H,1,23,30-34H2,2-12H3/t38-,40-,43+,44+,45+/m0/s1. The molecular formula is C46H72O5Si2. The summed E-state index contributed by atoms with van der Waals surface area (Å²) in [5.74, 6) is 0.0811. The predicted molar refractivity (Wildman–Crippen MR) is 229 cm³/mol. The minimum absolute atomic E-state index is 0.0133. The summed E-state index contributed by atoms with van der Waals surface area (Å²) in [6.07, 6.45) is 3.38. The topological polar surface area (TPSA) is 57.2 Å². The second-order valence-corrected chi connectivity index (χ2v) is 26.7. The van der Waals surface area contributed by atoms with Crippen molar-refractivity contribution >= 4 is 27.0 Å². The van der Waals surface area contributed by atoms with Crippen LogP contribution in [0, 0.1) is 11.8 Å². The van der Waals surface area contributed by atoms with E-state index >= 15 is 0 Å². The first-order valence-electron chi connectivity index (χ1n) is 20.0. The molecule has 0 unspecified atom stereocenters. The number of rotatable bonds is 23. The van der Waals surface area contributed by atoms with Crippen LogP contribution in [0.1, 0.15) is 94.1 Å². The zero-order valence-electron chi connectivity index (χ0n) is 34.9. The lowest BCUT2D eigenvalue weighted by atomic mass is 9.79. The molecule has 0 saturated carbocycles. The molecule has 3 aromatic carbocycles. The molecule has 5 nitrogen and oxygen atoms in total. The highest BCUT2D eigenvalue weighted by atomic mass is 28.4. The van der Waals surface area contributed by atoms with Gasteiger partial charge in [-0.05, 0) is 69.7 Å². The molecule has 0 amide bonds. The normalized spacial score (nSPS) is 15.8. The molecule has 3 aromatic rings. The van der Waals surface area contributed by atoms with Crippen molar-refractivity contribution < 1.29 is 23.4 Å². The number of hydrogen-bond acceptors (Lipinski definition) is 5. The fraction of sp³-hybridized carbons (Fsp3) is 0.565. The second kappa shape index (κ2) is 21.1. The fourth-order valence-electron chi connectivity index (χ4n) is 9.18. The molecular weight excluding hydrogens is 689 g/mol. The number of ether oxygens (including phenoxy) is 2. The van der Waals surface area contributed by atoms with Crippen molar-refractivity contribution in [2.75, 3.05) is 20.3 Å². The van der Waals surface area contributed by atoms with Gasteiger partial charge in [-0.2, -0.15) is 0 Å². The van der Waals surface area contributed by atoms with Gasteiger partial charge >= 0.3 is 0 Å². The summed E-state index contributed by atoms with van der Waals surface area (Å²) in [6, 6.07) is 32.1. The molecule has 294 valence electrons. The van der Waals surface area contributed by atoms with E-state index in [0.29, 0.717) is 36.3 Å². The van der Waals surface area contributed by atoms with Crippen molar-refractivity contribution in [1.29, 1.82) is 0 Å². The average Bonchev–Trinajstić information content (AvgIpc) is 3.12. The molecule has 0 radical (unpaired) electrons. The van der Waals surface area contributed by atoms with E-state index in [1.165, 1.54) is 10.4 Å². The van der Waals surface area contributed by atoms with Crippen LogP contribution in [0.15, 0.2) is 104 Å². The van der Waals surface area contributed by atoms with Crippen molar-refractivity contribution in [1.82, 2.24) is 0 Å². The van der Waals surface area contributed by atoms with Gasteiger partial charge in [-0.3, -0.25) is 0 Å². The lowest BCUT2D eigenvalue weighted by molar-refractivity contribution is -0.119. The van der Waals surface area contributed by atoms with Crippen LogP contribution < -0.4 is 10.4 Å². The van der Waals surface area contributed by atoms with Crippen LogP contribution >= 0.6 is 0 Å². The first-order chi connectivity index (χ1) is 25.2. The molecule has 0 fully saturated rings. The summed E-state index contributed by atoms with van der Waals surface area (Å²) in [7, 11) is -3.30. The average molecular weight is 761 g/mol. The van der Waals surface area contributed by atoms with Gasteiger partial charge in [-0.15, -0.1) is 6.58 Å². The van der Waals surface area contributed by atoms with Crippen LogP contribution in [0.3, 0.4) is 0 Å². The Kier molecular flexibility index (Phi) is 17.9. The van der Waals surface area contributed by atoms with Gasteiger partial charge in [-0.1, -0.05) is 159 Å². The third-order valence-corrected chi connectivity index (χ3v) is 22.8. The minimum Gasteiger partial charge on any atom is -0.416 e. The lowest BCUT2D eigenvalue weighted by Crippen LogP contribution is -2.67. The third-order valence-electron chi connectivity index (χ3n) is 11.5. The zero-order valence-corrected chi connectivity index (χ0v) is 36.9. The molecule has 0 saturated heterocycles. The van der Waals surface area contributed by atoms with Crippen LogP contribution in [0.25, 0.3) is 0 Å². The number of hydrogen-bond donors (Lipinski definition) is 1. The van der Waals surface area contributed by atoms with Gasteiger partial charge in [0.1, 0.15) is 0 Å². The molecule has 7 heteroatoms. The first-order valence-corrected chi connectivity index (χ1v) is 24.1. The molecule has 1 N–H and O–H groups in total. The maximum atomic E-state index is 10.3. The van der Waals surface area contributed by atoms with Crippen molar-refractivity contribution in [2.24, 2.45) is 11.8 Å². The Morgan fingerprint density at radius 3 is 1.66 bits per heavy atom.